The van der Waals surface area contributed by atoms with E-state index in [-0.39, 0.29) is 12.7 Å². The molecule has 1 aliphatic carbocycles. The number of ether oxygens (including phenoxy) is 2. The lowest BCUT2D eigenvalue weighted by atomic mass is 9.89. The summed E-state index contributed by atoms with van der Waals surface area (Å²) in [7, 11) is 0. The number of amides is 1. The van der Waals surface area contributed by atoms with Crippen LogP contribution in [0.5, 0.6) is 11.5 Å². The smallest absolute Gasteiger partial charge is 0.269 e. The van der Waals surface area contributed by atoms with Crippen molar-refractivity contribution in [2.75, 3.05) is 13.3 Å². The molecule has 3 aliphatic rings. The van der Waals surface area contributed by atoms with Crippen molar-refractivity contribution >= 4 is 5.91 Å². The van der Waals surface area contributed by atoms with Crippen LogP contribution in [0.4, 0.5) is 0 Å². The molecule has 1 amide bonds. The molecular formula is C20H16N4O3. The van der Waals surface area contributed by atoms with Gasteiger partial charge in [-0.25, -0.2) is 0 Å². The zero-order valence-electron chi connectivity index (χ0n) is 14.5. The molecule has 1 N–H and O–H groups in total. The number of carbonyl (C=O) groups is 1. The number of aromatic nitrogens is 3. The van der Waals surface area contributed by atoms with Gasteiger partial charge in [0.05, 0.1) is 17.9 Å². The van der Waals surface area contributed by atoms with Gasteiger partial charge in [0.1, 0.15) is 5.69 Å². The molecule has 1 aromatic carbocycles. The van der Waals surface area contributed by atoms with E-state index in [0.29, 0.717) is 18.8 Å². The molecule has 6 rings (SSSR count). The molecule has 7 heteroatoms. The molecule has 0 saturated carbocycles. The van der Waals surface area contributed by atoms with Crippen LogP contribution in [0.1, 0.15) is 21.6 Å². The summed E-state index contributed by atoms with van der Waals surface area (Å²) in [5.74, 6) is 1.47. The van der Waals surface area contributed by atoms with Crippen molar-refractivity contribution in [3.63, 3.8) is 0 Å². The number of rotatable bonds is 1. The van der Waals surface area contributed by atoms with Crippen LogP contribution in [0.3, 0.4) is 0 Å². The summed E-state index contributed by atoms with van der Waals surface area (Å²) in [5.41, 5.74) is 6.72. The Bertz CT molecular complexity index is 1120. The third-order valence-electron chi connectivity index (χ3n) is 5.43. The number of nitrogens with zero attached hydrogens (tertiary/aromatic N) is 3. The van der Waals surface area contributed by atoms with E-state index in [0.717, 1.165) is 52.4 Å². The summed E-state index contributed by atoms with van der Waals surface area (Å²) in [6.07, 6.45) is 3.61. The minimum atomic E-state index is -0.0245. The molecule has 0 spiro atoms. The van der Waals surface area contributed by atoms with E-state index in [4.69, 9.17) is 14.6 Å². The molecule has 0 fully saturated rings. The molecule has 0 saturated heterocycles. The van der Waals surface area contributed by atoms with E-state index < -0.39 is 0 Å². The van der Waals surface area contributed by atoms with Crippen molar-refractivity contribution in [1.29, 1.82) is 0 Å². The minimum absolute atomic E-state index is 0.0245. The van der Waals surface area contributed by atoms with Gasteiger partial charge in [0, 0.05) is 29.4 Å². The Labute approximate surface area is 154 Å². The lowest BCUT2D eigenvalue weighted by molar-refractivity contribution is 0.0923. The summed E-state index contributed by atoms with van der Waals surface area (Å²) in [5, 5.41) is 7.68. The third-order valence-corrected chi connectivity index (χ3v) is 5.43. The largest absolute Gasteiger partial charge is 0.454 e. The van der Waals surface area contributed by atoms with Crippen LogP contribution in [0.15, 0.2) is 30.5 Å². The Balaban J connectivity index is 1.49. The van der Waals surface area contributed by atoms with Gasteiger partial charge in [-0.3, -0.25) is 14.5 Å². The highest BCUT2D eigenvalue weighted by molar-refractivity contribution is 5.97. The summed E-state index contributed by atoms with van der Waals surface area (Å²) in [6, 6.07) is 7.91. The van der Waals surface area contributed by atoms with Crippen LogP contribution >= 0.6 is 0 Å². The third kappa shape index (κ3) is 2.11. The second-order valence-corrected chi connectivity index (χ2v) is 6.95. The first-order valence-electron chi connectivity index (χ1n) is 9.05. The van der Waals surface area contributed by atoms with E-state index in [1.165, 1.54) is 5.56 Å². The van der Waals surface area contributed by atoms with Gasteiger partial charge in [-0.2, -0.15) is 5.10 Å². The lowest BCUT2D eigenvalue weighted by Crippen LogP contribution is -2.36. The van der Waals surface area contributed by atoms with Crippen LogP contribution in [0.2, 0.25) is 0 Å². The second-order valence-electron chi connectivity index (χ2n) is 6.95. The molecular weight excluding hydrogens is 344 g/mol. The first-order chi connectivity index (χ1) is 13.3. The zero-order chi connectivity index (χ0) is 18.0. The average molecular weight is 360 g/mol. The van der Waals surface area contributed by atoms with Gasteiger partial charge in [-0.15, -0.1) is 0 Å². The monoisotopic (exact) mass is 360 g/mol. The maximum Gasteiger partial charge on any atom is 0.269 e. The molecule has 0 radical (unpaired) electrons. The number of hydrogen-bond donors (Lipinski definition) is 1. The van der Waals surface area contributed by atoms with Gasteiger partial charge < -0.3 is 14.8 Å². The van der Waals surface area contributed by atoms with Gasteiger partial charge in [0.2, 0.25) is 6.79 Å². The van der Waals surface area contributed by atoms with Gasteiger partial charge >= 0.3 is 0 Å². The van der Waals surface area contributed by atoms with E-state index in [1.54, 1.807) is 0 Å². The Morgan fingerprint density at radius 2 is 2.04 bits per heavy atom. The highest BCUT2D eigenvalue weighted by Crippen LogP contribution is 2.39. The Morgan fingerprint density at radius 1 is 1.11 bits per heavy atom. The van der Waals surface area contributed by atoms with E-state index >= 15 is 0 Å². The Kier molecular flexibility index (Phi) is 2.92. The molecule has 2 aromatic heterocycles. The molecule has 7 nitrogen and oxygen atoms in total. The van der Waals surface area contributed by atoms with Crippen LogP contribution in [-0.2, 0) is 19.4 Å². The van der Waals surface area contributed by atoms with Gasteiger partial charge in [0.25, 0.3) is 5.91 Å². The van der Waals surface area contributed by atoms with E-state index in [1.807, 2.05) is 29.1 Å². The number of aryl methyl sites for hydroxylation is 1. The number of pyridine rings is 1. The maximum atomic E-state index is 12.3. The first kappa shape index (κ1) is 14.8. The standard InChI is InChI=1S/C20H16N4O3/c25-20-19-13-3-1-12-9-22-15(11-2-4-16-17(7-11)27-10-26-16)8-14(12)18(13)23-24(19)6-5-21-20/h2,4,7-9H,1,3,5-6,10H2,(H,21,25). The number of carbonyl (C=O) groups excluding carboxylic acids is 1. The second kappa shape index (κ2) is 5.33. The number of hydrogen-bond acceptors (Lipinski definition) is 5. The summed E-state index contributed by atoms with van der Waals surface area (Å²) in [6.45, 7) is 1.59. The van der Waals surface area contributed by atoms with Crippen LogP contribution in [0, 0.1) is 0 Å². The van der Waals surface area contributed by atoms with Crippen LogP contribution in [-0.4, -0.2) is 34.0 Å². The fourth-order valence-corrected chi connectivity index (χ4v) is 4.10. The highest BCUT2D eigenvalue weighted by atomic mass is 16.7. The molecule has 3 aromatic rings. The highest BCUT2D eigenvalue weighted by Gasteiger charge is 2.30. The predicted octanol–water partition coefficient (Wildman–Crippen LogP) is 2.18. The van der Waals surface area contributed by atoms with Crippen molar-refractivity contribution in [3.05, 3.63) is 47.3 Å². The van der Waals surface area contributed by atoms with Crippen molar-refractivity contribution < 1.29 is 14.3 Å². The molecule has 4 heterocycles. The topological polar surface area (TPSA) is 78.3 Å². The number of nitrogens with one attached hydrogen (secondary N) is 1. The lowest BCUT2D eigenvalue weighted by Gasteiger charge is -2.18. The quantitative estimate of drug-likeness (QED) is 0.720. The van der Waals surface area contributed by atoms with Gasteiger partial charge in [0.15, 0.2) is 11.5 Å². The van der Waals surface area contributed by atoms with Crippen LogP contribution < -0.4 is 14.8 Å². The fourth-order valence-electron chi connectivity index (χ4n) is 4.10. The normalized spacial score (nSPS) is 16.4. The van der Waals surface area contributed by atoms with Crippen molar-refractivity contribution in [2.24, 2.45) is 0 Å². The molecule has 134 valence electrons. The first-order valence-corrected chi connectivity index (χ1v) is 9.05. The van der Waals surface area contributed by atoms with Crippen molar-refractivity contribution in [3.8, 4) is 34.0 Å². The number of benzene rings is 1. The predicted molar refractivity (Wildman–Crippen MR) is 96.8 cm³/mol. The average Bonchev–Trinajstić information content (AvgIpc) is 3.32. The van der Waals surface area contributed by atoms with Gasteiger partial charge in [-0.05, 0) is 42.7 Å². The minimum Gasteiger partial charge on any atom is -0.454 e. The van der Waals surface area contributed by atoms with Crippen molar-refractivity contribution in [1.82, 2.24) is 20.1 Å². The van der Waals surface area contributed by atoms with Gasteiger partial charge in [-0.1, -0.05) is 0 Å². The SMILES string of the molecule is O=C1NCCn2nc3c(c21)CCc1cnc(-c2ccc4c(c2)OCO4)cc1-3. The zero-order valence-corrected chi connectivity index (χ0v) is 14.5. The molecule has 0 bridgehead atoms. The molecule has 0 unspecified atom stereocenters. The van der Waals surface area contributed by atoms with Crippen LogP contribution in [0.25, 0.3) is 22.5 Å². The Morgan fingerprint density at radius 3 is 3.00 bits per heavy atom. The van der Waals surface area contributed by atoms with E-state index in [9.17, 15) is 4.79 Å². The molecule has 2 aliphatic heterocycles. The molecule has 0 atom stereocenters. The Hall–Kier alpha value is -3.35. The summed E-state index contributed by atoms with van der Waals surface area (Å²) < 4.78 is 12.7. The number of fused-ring (bicyclic) bond motifs is 6. The van der Waals surface area contributed by atoms with Crippen molar-refractivity contribution in [2.45, 2.75) is 19.4 Å². The summed E-state index contributed by atoms with van der Waals surface area (Å²) >= 11 is 0. The van der Waals surface area contributed by atoms with E-state index in [2.05, 4.69) is 16.4 Å². The fraction of sp³-hybridized carbons (Fsp3) is 0.250. The summed E-state index contributed by atoms with van der Waals surface area (Å²) in [4.78, 5) is 17.0. The maximum absolute atomic E-state index is 12.3. The molecule has 27 heavy (non-hydrogen) atoms.